The van der Waals surface area contributed by atoms with Gasteiger partial charge >= 0.3 is 0 Å². The van der Waals surface area contributed by atoms with E-state index in [0.717, 1.165) is 11.3 Å². The van der Waals surface area contributed by atoms with Crippen LogP contribution in [0.1, 0.15) is 18.7 Å². The lowest BCUT2D eigenvalue weighted by atomic mass is 10.2. The zero-order valence-electron chi connectivity index (χ0n) is 12.5. The van der Waals surface area contributed by atoms with Crippen LogP contribution in [0.15, 0.2) is 41.4 Å². The van der Waals surface area contributed by atoms with Gasteiger partial charge in [0.05, 0.1) is 7.11 Å². The molecule has 116 valence electrons. The number of benzene rings is 1. The van der Waals surface area contributed by atoms with Gasteiger partial charge in [-0.25, -0.2) is 0 Å². The second kappa shape index (κ2) is 7.97. The molecule has 0 saturated carbocycles. The van der Waals surface area contributed by atoms with E-state index >= 15 is 0 Å². The van der Waals surface area contributed by atoms with E-state index < -0.39 is 0 Å². The molecular weight excluding hydrogens is 282 g/mol. The highest BCUT2D eigenvalue weighted by Gasteiger charge is 2.10. The molecule has 1 amide bonds. The van der Waals surface area contributed by atoms with Crippen LogP contribution in [0.4, 0.5) is 0 Å². The van der Waals surface area contributed by atoms with Crippen LogP contribution in [0.3, 0.4) is 0 Å². The number of hydrogen-bond donors (Lipinski definition) is 1. The minimum absolute atomic E-state index is 0.00701. The van der Waals surface area contributed by atoms with Crippen molar-refractivity contribution in [1.29, 1.82) is 0 Å². The van der Waals surface area contributed by atoms with Crippen LogP contribution in [-0.4, -0.2) is 29.7 Å². The SMILES string of the molecule is C=CCNC(=O)CCCc1nc(-c2cccc(OC)c2)no1. The maximum absolute atomic E-state index is 11.4. The lowest BCUT2D eigenvalue weighted by Gasteiger charge is -2.00. The summed E-state index contributed by atoms with van der Waals surface area (Å²) >= 11 is 0. The average Bonchev–Trinajstić information content (AvgIpc) is 3.02. The number of aryl methyl sites for hydroxylation is 1. The van der Waals surface area contributed by atoms with Crippen molar-refractivity contribution in [3.8, 4) is 17.1 Å². The molecule has 2 rings (SSSR count). The molecule has 0 aliphatic rings. The predicted octanol–water partition coefficient (Wildman–Crippen LogP) is 2.37. The molecule has 1 heterocycles. The number of nitrogens with zero attached hydrogens (tertiary/aromatic N) is 2. The number of carbonyl (C=O) groups is 1. The third-order valence-electron chi connectivity index (χ3n) is 3.03. The third kappa shape index (κ3) is 4.44. The Hall–Kier alpha value is -2.63. The summed E-state index contributed by atoms with van der Waals surface area (Å²) in [7, 11) is 1.61. The van der Waals surface area contributed by atoms with E-state index in [1.165, 1.54) is 0 Å². The summed E-state index contributed by atoms with van der Waals surface area (Å²) < 4.78 is 10.4. The Kier molecular flexibility index (Phi) is 5.71. The van der Waals surface area contributed by atoms with Gasteiger partial charge < -0.3 is 14.6 Å². The number of amides is 1. The molecule has 6 nitrogen and oxygen atoms in total. The molecule has 0 fully saturated rings. The first-order valence-electron chi connectivity index (χ1n) is 7.07. The molecule has 0 spiro atoms. The number of aromatic nitrogens is 2. The number of rotatable bonds is 8. The maximum atomic E-state index is 11.4. The summed E-state index contributed by atoms with van der Waals surface area (Å²) in [5.74, 6) is 1.77. The van der Waals surface area contributed by atoms with Gasteiger partial charge in [0.1, 0.15) is 5.75 Å². The van der Waals surface area contributed by atoms with Crippen LogP contribution >= 0.6 is 0 Å². The normalized spacial score (nSPS) is 10.2. The maximum Gasteiger partial charge on any atom is 0.226 e. The highest BCUT2D eigenvalue weighted by molar-refractivity contribution is 5.75. The smallest absolute Gasteiger partial charge is 0.226 e. The molecular formula is C16H19N3O3. The van der Waals surface area contributed by atoms with Gasteiger partial charge in [-0.3, -0.25) is 4.79 Å². The zero-order valence-corrected chi connectivity index (χ0v) is 12.5. The van der Waals surface area contributed by atoms with E-state index in [9.17, 15) is 4.79 Å². The molecule has 0 atom stereocenters. The van der Waals surface area contributed by atoms with Crippen molar-refractivity contribution in [2.24, 2.45) is 0 Å². The fourth-order valence-electron chi connectivity index (χ4n) is 1.91. The van der Waals surface area contributed by atoms with Crippen LogP contribution in [-0.2, 0) is 11.2 Å². The number of methoxy groups -OCH3 is 1. The summed E-state index contributed by atoms with van der Waals surface area (Å²) in [5, 5.41) is 6.68. The van der Waals surface area contributed by atoms with Crippen molar-refractivity contribution in [2.45, 2.75) is 19.3 Å². The minimum Gasteiger partial charge on any atom is -0.497 e. The van der Waals surface area contributed by atoms with Crippen LogP contribution in [0.5, 0.6) is 5.75 Å². The summed E-state index contributed by atoms with van der Waals surface area (Å²) in [6, 6.07) is 7.46. The molecule has 0 unspecified atom stereocenters. The minimum atomic E-state index is -0.00701. The summed E-state index contributed by atoms with van der Waals surface area (Å²) in [6.45, 7) is 4.03. The lowest BCUT2D eigenvalue weighted by Crippen LogP contribution is -2.22. The Bertz CT molecular complexity index is 637. The Balaban J connectivity index is 1.88. The van der Waals surface area contributed by atoms with E-state index in [-0.39, 0.29) is 5.91 Å². The van der Waals surface area contributed by atoms with Gasteiger partial charge in [-0.2, -0.15) is 4.98 Å². The first kappa shape index (κ1) is 15.8. The van der Waals surface area contributed by atoms with Crippen molar-refractivity contribution < 1.29 is 14.1 Å². The molecule has 0 radical (unpaired) electrons. The number of nitrogens with one attached hydrogen (secondary N) is 1. The quantitative estimate of drug-likeness (QED) is 0.757. The Morgan fingerprint density at radius 3 is 3.14 bits per heavy atom. The molecule has 2 aromatic rings. The monoisotopic (exact) mass is 301 g/mol. The summed E-state index contributed by atoms with van der Waals surface area (Å²) in [6.07, 6.45) is 3.29. The van der Waals surface area contributed by atoms with Gasteiger partial charge in [0.15, 0.2) is 0 Å². The fourth-order valence-corrected chi connectivity index (χ4v) is 1.91. The Labute approximate surface area is 129 Å². The highest BCUT2D eigenvalue weighted by Crippen LogP contribution is 2.21. The number of carbonyl (C=O) groups excluding carboxylic acids is 1. The van der Waals surface area contributed by atoms with Gasteiger partial charge in [0.25, 0.3) is 0 Å². The second-order valence-corrected chi connectivity index (χ2v) is 4.69. The molecule has 6 heteroatoms. The third-order valence-corrected chi connectivity index (χ3v) is 3.03. The van der Waals surface area contributed by atoms with Gasteiger partial charge in [-0.15, -0.1) is 6.58 Å². The van der Waals surface area contributed by atoms with Gasteiger partial charge in [-0.1, -0.05) is 23.4 Å². The van der Waals surface area contributed by atoms with E-state index in [1.807, 2.05) is 24.3 Å². The van der Waals surface area contributed by atoms with E-state index in [0.29, 0.717) is 37.5 Å². The summed E-state index contributed by atoms with van der Waals surface area (Å²) in [4.78, 5) is 15.8. The van der Waals surface area contributed by atoms with E-state index in [1.54, 1.807) is 13.2 Å². The van der Waals surface area contributed by atoms with Crippen molar-refractivity contribution in [3.05, 3.63) is 42.8 Å². The largest absolute Gasteiger partial charge is 0.497 e. The van der Waals surface area contributed by atoms with Crippen molar-refractivity contribution in [1.82, 2.24) is 15.5 Å². The first-order chi connectivity index (χ1) is 10.7. The van der Waals surface area contributed by atoms with Gasteiger partial charge in [0, 0.05) is 24.9 Å². The van der Waals surface area contributed by atoms with E-state index in [4.69, 9.17) is 9.26 Å². The van der Waals surface area contributed by atoms with Crippen molar-refractivity contribution in [2.75, 3.05) is 13.7 Å². The lowest BCUT2D eigenvalue weighted by molar-refractivity contribution is -0.120. The average molecular weight is 301 g/mol. The van der Waals surface area contributed by atoms with Gasteiger partial charge in [-0.05, 0) is 18.6 Å². The van der Waals surface area contributed by atoms with Crippen LogP contribution in [0.25, 0.3) is 11.4 Å². The predicted molar refractivity (Wildman–Crippen MR) is 82.4 cm³/mol. The molecule has 22 heavy (non-hydrogen) atoms. The van der Waals surface area contributed by atoms with Crippen molar-refractivity contribution in [3.63, 3.8) is 0 Å². The topological polar surface area (TPSA) is 77.2 Å². The fraction of sp³-hybridized carbons (Fsp3) is 0.312. The van der Waals surface area contributed by atoms with Crippen LogP contribution in [0.2, 0.25) is 0 Å². The first-order valence-corrected chi connectivity index (χ1v) is 7.07. The molecule has 1 aromatic carbocycles. The molecule has 1 N–H and O–H groups in total. The zero-order chi connectivity index (χ0) is 15.8. The second-order valence-electron chi connectivity index (χ2n) is 4.69. The van der Waals surface area contributed by atoms with Crippen LogP contribution < -0.4 is 10.1 Å². The van der Waals surface area contributed by atoms with Crippen LogP contribution in [0, 0.1) is 0 Å². The van der Waals surface area contributed by atoms with E-state index in [2.05, 4.69) is 22.0 Å². The van der Waals surface area contributed by atoms with Crippen molar-refractivity contribution >= 4 is 5.91 Å². The number of ether oxygens (including phenoxy) is 1. The van der Waals surface area contributed by atoms with Gasteiger partial charge in [0.2, 0.25) is 17.6 Å². The molecule has 0 bridgehead atoms. The molecule has 1 aromatic heterocycles. The molecule has 0 aliphatic heterocycles. The molecule has 0 saturated heterocycles. The highest BCUT2D eigenvalue weighted by atomic mass is 16.5. The number of hydrogen-bond acceptors (Lipinski definition) is 5. The Morgan fingerprint density at radius 2 is 2.36 bits per heavy atom. The molecule has 0 aliphatic carbocycles. The standard InChI is InChI=1S/C16H19N3O3/c1-3-10-17-14(20)8-5-9-15-18-16(19-22-15)12-6-4-7-13(11-12)21-2/h3-4,6-7,11H,1,5,8-10H2,2H3,(H,17,20). The summed E-state index contributed by atoms with van der Waals surface area (Å²) in [5.41, 5.74) is 0.832. The Morgan fingerprint density at radius 1 is 1.50 bits per heavy atom.